The van der Waals surface area contributed by atoms with Gasteiger partial charge in [0.2, 0.25) is 0 Å². The largest absolute Gasteiger partial charge is 0.710 e. The minimum atomic E-state index is 0.302. The summed E-state index contributed by atoms with van der Waals surface area (Å²) in [6.45, 7) is 0. The highest BCUT2D eigenvalue weighted by Crippen LogP contribution is 2.22. The van der Waals surface area contributed by atoms with Crippen LogP contribution in [0.2, 0.25) is 0 Å². The second-order valence-corrected chi connectivity index (χ2v) is 3.46. The molecule has 0 bridgehead atoms. The fraction of sp³-hybridized carbons (Fsp3) is 0. The third-order valence-electron chi connectivity index (χ3n) is 1.66. The number of nitrogens with zero attached hydrogens (tertiary/aromatic N) is 1. The van der Waals surface area contributed by atoms with Crippen LogP contribution in [0.3, 0.4) is 0 Å². The Hall–Kier alpha value is -1.62. The highest BCUT2D eigenvalue weighted by atomic mass is 32.1. The van der Waals surface area contributed by atoms with E-state index in [-0.39, 0.29) is 0 Å². The van der Waals surface area contributed by atoms with Crippen LogP contribution in [0.15, 0.2) is 24.3 Å². The van der Waals surface area contributed by atoms with E-state index in [1.807, 2.05) is 12.1 Å². The summed E-state index contributed by atoms with van der Waals surface area (Å²) in [4.78, 5) is 10.1. The number of aromatic nitrogens is 1. The molecule has 0 aliphatic carbocycles. The van der Waals surface area contributed by atoms with Gasteiger partial charge in [0, 0.05) is 0 Å². The molecule has 13 heavy (non-hydrogen) atoms. The number of carbonyl (C=O) groups is 1. The average molecular weight is 194 g/mol. The van der Waals surface area contributed by atoms with Gasteiger partial charge >= 0.3 is 5.13 Å². The Kier molecular flexibility index (Phi) is 1.86. The number of nitrogens with one attached hydrogen (secondary N) is 1. The maximum absolute atomic E-state index is 11.4. The molecule has 1 aromatic carbocycles. The van der Waals surface area contributed by atoms with E-state index in [1.54, 1.807) is 12.1 Å². The molecule has 5 heteroatoms. The number of amides is 1. The van der Waals surface area contributed by atoms with Gasteiger partial charge in [0.25, 0.3) is 6.41 Å². The lowest BCUT2D eigenvalue weighted by Gasteiger charge is -1.99. The zero-order valence-electron chi connectivity index (χ0n) is 6.56. The second-order valence-electron chi connectivity index (χ2n) is 2.43. The number of hydrogen-bond acceptors (Lipinski definition) is 3. The fourth-order valence-corrected chi connectivity index (χ4v) is 2.00. The molecule has 0 saturated carbocycles. The van der Waals surface area contributed by atoms with Crippen LogP contribution < -0.4 is 10.0 Å². The number of benzene rings is 1. The highest BCUT2D eigenvalue weighted by molar-refractivity contribution is 7.21. The molecular weight excluding hydrogens is 188 g/mol. The van der Waals surface area contributed by atoms with Crippen LogP contribution in [0.5, 0.6) is 0 Å². The number of thiazole rings is 1. The SMILES string of the molecule is O=CNc1sc2ccccc2[n+]1[O-]. The zero-order chi connectivity index (χ0) is 9.26. The van der Waals surface area contributed by atoms with Crippen LogP contribution in [-0.4, -0.2) is 6.41 Å². The Balaban J connectivity index is 2.66. The minimum absolute atomic E-state index is 0.302. The normalized spacial score (nSPS) is 10.2. The maximum Gasteiger partial charge on any atom is 0.345 e. The topological polar surface area (TPSA) is 56.0 Å². The Labute approximate surface area is 78.0 Å². The number of fused-ring (bicyclic) bond motifs is 1. The molecule has 0 unspecified atom stereocenters. The van der Waals surface area contributed by atoms with Crippen molar-refractivity contribution in [3.8, 4) is 0 Å². The first kappa shape index (κ1) is 8.00. The van der Waals surface area contributed by atoms with E-state index in [1.165, 1.54) is 11.3 Å². The van der Waals surface area contributed by atoms with Crippen LogP contribution >= 0.6 is 11.3 Å². The molecular formula is C8H6N2O2S. The number of rotatable bonds is 2. The molecule has 0 atom stereocenters. The van der Waals surface area contributed by atoms with Crippen molar-refractivity contribution in [3.63, 3.8) is 0 Å². The molecule has 0 spiro atoms. The maximum atomic E-state index is 11.4. The molecule has 0 aliphatic heterocycles. The van der Waals surface area contributed by atoms with Crippen LogP contribution in [0.1, 0.15) is 0 Å². The van der Waals surface area contributed by atoms with Crippen molar-refractivity contribution in [2.75, 3.05) is 5.32 Å². The summed E-state index contributed by atoms with van der Waals surface area (Å²) in [5.41, 5.74) is 0.580. The van der Waals surface area contributed by atoms with Crippen molar-refractivity contribution in [2.45, 2.75) is 0 Å². The Morgan fingerprint density at radius 2 is 2.23 bits per heavy atom. The third-order valence-corrected chi connectivity index (χ3v) is 2.70. The van der Waals surface area contributed by atoms with E-state index in [0.29, 0.717) is 21.8 Å². The van der Waals surface area contributed by atoms with Gasteiger partial charge < -0.3 is 5.21 Å². The van der Waals surface area contributed by atoms with Crippen molar-refractivity contribution in [2.24, 2.45) is 0 Å². The summed E-state index contributed by atoms with van der Waals surface area (Å²) in [6, 6.07) is 7.19. The summed E-state index contributed by atoms with van der Waals surface area (Å²) >= 11 is 1.26. The molecule has 66 valence electrons. The number of para-hydroxylation sites is 1. The number of hydrogen-bond donors (Lipinski definition) is 1. The molecule has 1 heterocycles. The molecule has 1 amide bonds. The van der Waals surface area contributed by atoms with E-state index in [0.717, 1.165) is 4.70 Å². The smallest absolute Gasteiger partial charge is 0.345 e. The van der Waals surface area contributed by atoms with E-state index < -0.39 is 0 Å². The predicted molar refractivity (Wildman–Crippen MR) is 50.5 cm³/mol. The van der Waals surface area contributed by atoms with Gasteiger partial charge in [-0.25, -0.2) is 10.0 Å². The van der Waals surface area contributed by atoms with Gasteiger partial charge in [-0.1, -0.05) is 12.1 Å². The fourth-order valence-electron chi connectivity index (χ4n) is 1.10. The standard InChI is InChI=1S/C8H6N2O2S/c11-5-9-8-10(12)6-3-1-2-4-7(6)13-8/h1-5H,(H,9,11). The lowest BCUT2D eigenvalue weighted by atomic mass is 10.3. The summed E-state index contributed by atoms with van der Waals surface area (Å²) in [7, 11) is 0. The summed E-state index contributed by atoms with van der Waals surface area (Å²) < 4.78 is 1.58. The van der Waals surface area contributed by atoms with Gasteiger partial charge in [0.1, 0.15) is 5.52 Å². The molecule has 2 rings (SSSR count). The van der Waals surface area contributed by atoms with Gasteiger partial charge in [-0.05, 0) is 23.5 Å². The first-order valence-electron chi connectivity index (χ1n) is 3.64. The van der Waals surface area contributed by atoms with Crippen molar-refractivity contribution in [1.29, 1.82) is 0 Å². The highest BCUT2D eigenvalue weighted by Gasteiger charge is 2.10. The predicted octanol–water partition coefficient (Wildman–Crippen LogP) is 1.10. The van der Waals surface area contributed by atoms with Gasteiger partial charge in [-0.3, -0.25) is 4.79 Å². The van der Waals surface area contributed by atoms with E-state index >= 15 is 0 Å². The molecule has 0 fully saturated rings. The summed E-state index contributed by atoms with van der Waals surface area (Å²) in [5.74, 6) is 0. The van der Waals surface area contributed by atoms with Gasteiger partial charge in [-0.15, -0.1) is 0 Å². The summed E-state index contributed by atoms with van der Waals surface area (Å²) in [5, 5.41) is 14.1. The average Bonchev–Trinajstić information content (AvgIpc) is 2.46. The molecule has 1 N–H and O–H groups in total. The van der Waals surface area contributed by atoms with Gasteiger partial charge in [0.15, 0.2) is 0 Å². The Bertz CT molecular complexity index is 452. The van der Waals surface area contributed by atoms with E-state index in [2.05, 4.69) is 5.32 Å². The number of carbonyl (C=O) groups excluding carboxylic acids is 1. The van der Waals surface area contributed by atoms with Crippen LogP contribution in [0.4, 0.5) is 5.13 Å². The van der Waals surface area contributed by atoms with Crippen molar-refractivity contribution >= 4 is 33.1 Å². The first-order chi connectivity index (χ1) is 6.33. The van der Waals surface area contributed by atoms with Crippen molar-refractivity contribution in [3.05, 3.63) is 29.5 Å². The monoisotopic (exact) mass is 194 g/mol. The van der Waals surface area contributed by atoms with Crippen molar-refractivity contribution < 1.29 is 9.52 Å². The van der Waals surface area contributed by atoms with Gasteiger partial charge in [0.05, 0.1) is 4.70 Å². The first-order valence-corrected chi connectivity index (χ1v) is 4.46. The van der Waals surface area contributed by atoms with E-state index in [9.17, 15) is 10.0 Å². The van der Waals surface area contributed by atoms with E-state index in [4.69, 9.17) is 0 Å². The molecule has 1 aromatic heterocycles. The lowest BCUT2D eigenvalue weighted by Crippen LogP contribution is -2.27. The second kappa shape index (κ2) is 3.02. The van der Waals surface area contributed by atoms with Crippen LogP contribution in [-0.2, 0) is 4.79 Å². The summed E-state index contributed by atoms with van der Waals surface area (Å²) in [6.07, 6.45) is 0.499. The Morgan fingerprint density at radius 3 is 2.92 bits per heavy atom. The third kappa shape index (κ3) is 1.23. The molecule has 0 radical (unpaired) electrons. The molecule has 4 nitrogen and oxygen atoms in total. The van der Waals surface area contributed by atoms with Gasteiger partial charge in [-0.2, -0.15) is 0 Å². The Morgan fingerprint density at radius 1 is 1.46 bits per heavy atom. The quantitative estimate of drug-likeness (QED) is 0.442. The zero-order valence-corrected chi connectivity index (χ0v) is 7.38. The number of anilines is 1. The molecule has 0 aliphatic rings. The van der Waals surface area contributed by atoms with Crippen LogP contribution in [0.25, 0.3) is 10.2 Å². The lowest BCUT2D eigenvalue weighted by molar-refractivity contribution is -0.557. The molecule has 2 aromatic rings. The van der Waals surface area contributed by atoms with Crippen LogP contribution in [0, 0.1) is 5.21 Å². The molecule has 0 saturated heterocycles. The van der Waals surface area contributed by atoms with Crippen molar-refractivity contribution in [1.82, 2.24) is 0 Å². The minimum Gasteiger partial charge on any atom is -0.710 e.